The van der Waals surface area contributed by atoms with Crippen LogP contribution < -0.4 is 5.73 Å². The normalized spacial score (nSPS) is 16.3. The number of allylic oxidation sites excluding steroid dienone is 3. The van der Waals surface area contributed by atoms with Crippen molar-refractivity contribution in [3.05, 3.63) is 23.4 Å². The van der Waals surface area contributed by atoms with E-state index >= 15 is 0 Å². The van der Waals surface area contributed by atoms with Crippen LogP contribution in [-0.4, -0.2) is 0 Å². The minimum absolute atomic E-state index is 0.584. The second-order valence-corrected chi connectivity index (χ2v) is 3.12. The van der Waals surface area contributed by atoms with Gasteiger partial charge in [-0.2, -0.15) is 0 Å². The summed E-state index contributed by atoms with van der Waals surface area (Å²) in [7, 11) is 0. The lowest BCUT2D eigenvalue weighted by Crippen LogP contribution is -2.08. The molecule has 0 aromatic heterocycles. The zero-order valence-electron chi connectivity index (χ0n) is 8.72. The molecule has 0 saturated carbocycles. The second-order valence-electron chi connectivity index (χ2n) is 3.12. The maximum atomic E-state index is 5.87. The number of rotatable bonds is 4. The fourth-order valence-electron chi connectivity index (χ4n) is 1.21. The van der Waals surface area contributed by atoms with Crippen LogP contribution in [0.1, 0.15) is 40.5 Å². The maximum absolute atomic E-state index is 5.87. The minimum Gasteiger partial charge on any atom is -0.399 e. The third-order valence-electron chi connectivity index (χ3n) is 2.21. The first-order valence-electron chi connectivity index (χ1n) is 4.79. The van der Waals surface area contributed by atoms with Crippen molar-refractivity contribution in [3.63, 3.8) is 0 Å². The highest BCUT2D eigenvalue weighted by atomic mass is 14.6. The molecule has 1 atom stereocenters. The first-order chi connectivity index (χ1) is 5.67. The van der Waals surface area contributed by atoms with Gasteiger partial charge in [0.1, 0.15) is 0 Å². The van der Waals surface area contributed by atoms with E-state index in [1.807, 2.05) is 13.0 Å². The quantitative estimate of drug-likeness (QED) is 0.639. The Bertz CT molecular complexity index is 177. The number of hydrogen-bond donors (Lipinski definition) is 1. The van der Waals surface area contributed by atoms with Gasteiger partial charge in [-0.15, -0.1) is 0 Å². The van der Waals surface area contributed by atoms with Crippen LogP contribution >= 0.6 is 0 Å². The van der Waals surface area contributed by atoms with Crippen molar-refractivity contribution >= 4 is 0 Å². The first-order valence-corrected chi connectivity index (χ1v) is 4.79. The van der Waals surface area contributed by atoms with Gasteiger partial charge in [-0.3, -0.25) is 0 Å². The Labute approximate surface area is 76.3 Å². The fourth-order valence-corrected chi connectivity index (χ4v) is 1.21. The highest BCUT2D eigenvalue weighted by Gasteiger charge is 2.07. The molecule has 0 radical (unpaired) electrons. The molecule has 12 heavy (non-hydrogen) atoms. The van der Waals surface area contributed by atoms with E-state index in [9.17, 15) is 0 Å². The Kier molecular flexibility index (Phi) is 5.52. The van der Waals surface area contributed by atoms with E-state index in [0.717, 1.165) is 18.5 Å². The standard InChI is InChI=1S/C11H21N/c1-5-8-10(9(4)6-2)11(12)7-3/h7-9H,5-6,12H2,1-4H3/b10-8-,11-7+. The Morgan fingerprint density at radius 2 is 2.00 bits per heavy atom. The predicted octanol–water partition coefficient (Wildman–Crippen LogP) is 3.23. The average molecular weight is 167 g/mol. The lowest BCUT2D eigenvalue weighted by Gasteiger charge is -2.14. The van der Waals surface area contributed by atoms with Gasteiger partial charge in [0.25, 0.3) is 0 Å². The van der Waals surface area contributed by atoms with Gasteiger partial charge in [0.2, 0.25) is 0 Å². The summed E-state index contributed by atoms with van der Waals surface area (Å²) in [6.07, 6.45) is 6.42. The lowest BCUT2D eigenvalue weighted by molar-refractivity contribution is 0.656. The summed E-state index contributed by atoms with van der Waals surface area (Å²) in [6.45, 7) is 8.54. The van der Waals surface area contributed by atoms with Gasteiger partial charge in [-0.05, 0) is 31.3 Å². The third kappa shape index (κ3) is 3.12. The van der Waals surface area contributed by atoms with Gasteiger partial charge in [0.15, 0.2) is 0 Å². The Balaban J connectivity index is 4.55. The molecule has 2 N–H and O–H groups in total. The molecular formula is C11H21N. The Hall–Kier alpha value is -0.720. The molecule has 70 valence electrons. The molecule has 1 nitrogen and oxygen atoms in total. The van der Waals surface area contributed by atoms with E-state index in [2.05, 4.69) is 26.8 Å². The van der Waals surface area contributed by atoms with Crippen molar-refractivity contribution in [1.29, 1.82) is 0 Å². The Morgan fingerprint density at radius 1 is 1.42 bits per heavy atom. The zero-order chi connectivity index (χ0) is 9.56. The van der Waals surface area contributed by atoms with Crippen molar-refractivity contribution in [3.8, 4) is 0 Å². The van der Waals surface area contributed by atoms with Gasteiger partial charge < -0.3 is 5.73 Å². The summed E-state index contributed by atoms with van der Waals surface area (Å²) in [4.78, 5) is 0. The molecule has 0 aliphatic rings. The summed E-state index contributed by atoms with van der Waals surface area (Å²) in [6, 6.07) is 0. The van der Waals surface area contributed by atoms with E-state index in [-0.39, 0.29) is 0 Å². The van der Waals surface area contributed by atoms with Crippen LogP contribution in [0, 0.1) is 5.92 Å². The summed E-state index contributed by atoms with van der Waals surface area (Å²) >= 11 is 0. The number of hydrogen-bond acceptors (Lipinski definition) is 1. The third-order valence-corrected chi connectivity index (χ3v) is 2.21. The molecule has 1 unspecified atom stereocenters. The molecular weight excluding hydrogens is 146 g/mol. The maximum Gasteiger partial charge on any atom is 0.0302 e. The average Bonchev–Trinajstić information content (AvgIpc) is 2.11. The van der Waals surface area contributed by atoms with Crippen molar-refractivity contribution in [2.75, 3.05) is 0 Å². The van der Waals surface area contributed by atoms with Crippen LogP contribution in [0.5, 0.6) is 0 Å². The summed E-state index contributed by atoms with van der Waals surface area (Å²) in [5.74, 6) is 0.584. The molecule has 0 amide bonds. The van der Waals surface area contributed by atoms with Crippen molar-refractivity contribution in [1.82, 2.24) is 0 Å². The largest absolute Gasteiger partial charge is 0.399 e. The summed E-state index contributed by atoms with van der Waals surface area (Å²) < 4.78 is 0. The molecule has 0 bridgehead atoms. The van der Waals surface area contributed by atoms with Gasteiger partial charge in [0, 0.05) is 5.70 Å². The lowest BCUT2D eigenvalue weighted by atomic mass is 9.95. The van der Waals surface area contributed by atoms with Crippen LogP contribution in [0.4, 0.5) is 0 Å². The van der Waals surface area contributed by atoms with Gasteiger partial charge in [-0.1, -0.05) is 32.9 Å². The second kappa shape index (κ2) is 5.87. The van der Waals surface area contributed by atoms with Crippen LogP contribution in [0.15, 0.2) is 23.4 Å². The van der Waals surface area contributed by atoms with E-state index in [4.69, 9.17) is 5.73 Å². The molecule has 0 heterocycles. The highest BCUT2D eigenvalue weighted by Crippen LogP contribution is 2.19. The number of nitrogens with two attached hydrogens (primary N) is 1. The van der Waals surface area contributed by atoms with E-state index in [1.54, 1.807) is 0 Å². The fraction of sp³-hybridized carbons (Fsp3) is 0.636. The molecule has 0 rings (SSSR count). The molecule has 0 spiro atoms. The van der Waals surface area contributed by atoms with Gasteiger partial charge in [0.05, 0.1) is 0 Å². The van der Waals surface area contributed by atoms with E-state index in [0.29, 0.717) is 5.92 Å². The summed E-state index contributed by atoms with van der Waals surface area (Å²) in [5, 5.41) is 0. The van der Waals surface area contributed by atoms with E-state index < -0.39 is 0 Å². The zero-order valence-corrected chi connectivity index (χ0v) is 8.72. The molecule has 0 aromatic rings. The smallest absolute Gasteiger partial charge is 0.0302 e. The van der Waals surface area contributed by atoms with Crippen molar-refractivity contribution < 1.29 is 0 Å². The van der Waals surface area contributed by atoms with E-state index in [1.165, 1.54) is 5.57 Å². The van der Waals surface area contributed by atoms with Crippen LogP contribution in [0.2, 0.25) is 0 Å². The molecule has 1 heteroatoms. The SMILES string of the molecule is C/C=C(N)\C(=C/CC)C(C)CC. The topological polar surface area (TPSA) is 26.0 Å². The van der Waals surface area contributed by atoms with Crippen LogP contribution in [-0.2, 0) is 0 Å². The van der Waals surface area contributed by atoms with Crippen LogP contribution in [0.25, 0.3) is 0 Å². The van der Waals surface area contributed by atoms with Crippen molar-refractivity contribution in [2.24, 2.45) is 11.7 Å². The van der Waals surface area contributed by atoms with Gasteiger partial charge in [-0.25, -0.2) is 0 Å². The molecule has 0 aromatic carbocycles. The molecule has 0 aliphatic heterocycles. The molecule has 0 saturated heterocycles. The van der Waals surface area contributed by atoms with Crippen molar-refractivity contribution in [2.45, 2.75) is 40.5 Å². The first kappa shape index (κ1) is 11.3. The van der Waals surface area contributed by atoms with Gasteiger partial charge >= 0.3 is 0 Å². The highest BCUT2D eigenvalue weighted by molar-refractivity contribution is 5.29. The Morgan fingerprint density at radius 3 is 2.33 bits per heavy atom. The summed E-state index contributed by atoms with van der Waals surface area (Å²) in [5.41, 5.74) is 8.12. The minimum atomic E-state index is 0.584. The molecule has 0 fully saturated rings. The molecule has 0 aliphatic carbocycles. The van der Waals surface area contributed by atoms with Crippen LogP contribution in [0.3, 0.4) is 0 Å². The predicted molar refractivity (Wildman–Crippen MR) is 55.8 cm³/mol. The monoisotopic (exact) mass is 167 g/mol.